The number of thiazole rings is 1. The smallest absolute Gasteiger partial charge is 0.378 e. The molecule has 0 radical (unpaired) electrons. The third-order valence-electron chi connectivity index (χ3n) is 2.80. The zero-order valence-corrected chi connectivity index (χ0v) is 13.6. The van der Waals surface area contributed by atoms with Gasteiger partial charge >= 0.3 is 6.18 Å². The number of hydrogen-bond acceptors (Lipinski definition) is 5. The van der Waals surface area contributed by atoms with E-state index in [1.54, 1.807) is 21.0 Å². The first-order valence-corrected chi connectivity index (χ1v) is 7.61. The van der Waals surface area contributed by atoms with Crippen LogP contribution in [0.25, 0.3) is 0 Å². The number of alkyl halides is 3. The zero-order chi connectivity index (χ0) is 16.0. The maximum atomic E-state index is 12.7. The summed E-state index contributed by atoms with van der Waals surface area (Å²) in [4.78, 5) is 6.53. The van der Waals surface area contributed by atoms with Gasteiger partial charge in [-0.2, -0.15) is 13.2 Å². The summed E-state index contributed by atoms with van der Waals surface area (Å²) in [5, 5.41) is 3.56. The molecule has 1 heterocycles. The van der Waals surface area contributed by atoms with Gasteiger partial charge in [0.1, 0.15) is 6.54 Å². The van der Waals surface area contributed by atoms with Gasteiger partial charge in [-0.05, 0) is 20.4 Å². The van der Waals surface area contributed by atoms with Crippen molar-refractivity contribution in [3.63, 3.8) is 0 Å². The van der Waals surface area contributed by atoms with Crippen LogP contribution in [0.2, 0.25) is 0 Å². The molecule has 1 aromatic heterocycles. The second-order valence-electron chi connectivity index (χ2n) is 4.92. The van der Waals surface area contributed by atoms with Crippen molar-refractivity contribution in [2.45, 2.75) is 46.1 Å². The van der Waals surface area contributed by atoms with Crippen molar-refractivity contribution in [3.8, 4) is 0 Å². The quantitative estimate of drug-likeness (QED) is 0.796. The SMILES string of the molecule is CCNCc1sc(N(CC(F)(F)F)C(C)C)nc1COC. The summed E-state index contributed by atoms with van der Waals surface area (Å²) in [7, 11) is 1.55. The fourth-order valence-electron chi connectivity index (χ4n) is 1.78. The van der Waals surface area contributed by atoms with Gasteiger partial charge in [-0.1, -0.05) is 6.92 Å². The first-order chi connectivity index (χ1) is 9.78. The number of halogens is 3. The van der Waals surface area contributed by atoms with Crippen LogP contribution in [-0.4, -0.2) is 37.4 Å². The summed E-state index contributed by atoms with van der Waals surface area (Å²) < 4.78 is 43.2. The molecule has 0 atom stereocenters. The molecule has 0 aliphatic carbocycles. The minimum absolute atomic E-state index is 0.278. The van der Waals surface area contributed by atoms with Crippen LogP contribution in [0.1, 0.15) is 31.3 Å². The highest BCUT2D eigenvalue weighted by molar-refractivity contribution is 7.15. The zero-order valence-electron chi connectivity index (χ0n) is 12.8. The van der Waals surface area contributed by atoms with E-state index in [-0.39, 0.29) is 6.04 Å². The van der Waals surface area contributed by atoms with Gasteiger partial charge in [0.15, 0.2) is 5.13 Å². The van der Waals surface area contributed by atoms with Gasteiger partial charge in [0.25, 0.3) is 0 Å². The molecule has 0 bridgehead atoms. The highest BCUT2D eigenvalue weighted by atomic mass is 32.1. The predicted octanol–water partition coefficient (Wildman–Crippen LogP) is 3.18. The lowest BCUT2D eigenvalue weighted by atomic mass is 10.3. The number of methoxy groups -OCH3 is 1. The molecular weight excluding hydrogens is 303 g/mol. The molecule has 0 aromatic carbocycles. The average Bonchev–Trinajstić information content (AvgIpc) is 2.75. The average molecular weight is 325 g/mol. The number of ether oxygens (including phenoxy) is 1. The van der Waals surface area contributed by atoms with Crippen LogP contribution in [-0.2, 0) is 17.9 Å². The Balaban J connectivity index is 3.02. The molecule has 0 amide bonds. The molecule has 0 spiro atoms. The number of hydrogen-bond donors (Lipinski definition) is 1. The summed E-state index contributed by atoms with van der Waals surface area (Å²) in [6, 6.07) is -0.278. The first-order valence-electron chi connectivity index (χ1n) is 6.80. The molecule has 0 saturated heterocycles. The van der Waals surface area contributed by atoms with Crippen molar-refractivity contribution in [1.29, 1.82) is 0 Å². The Labute approximate surface area is 127 Å². The maximum absolute atomic E-state index is 12.7. The molecule has 1 rings (SSSR count). The van der Waals surface area contributed by atoms with Gasteiger partial charge in [0, 0.05) is 24.6 Å². The molecule has 0 aliphatic heterocycles. The van der Waals surface area contributed by atoms with Crippen molar-refractivity contribution in [1.82, 2.24) is 10.3 Å². The van der Waals surface area contributed by atoms with Crippen molar-refractivity contribution < 1.29 is 17.9 Å². The van der Waals surface area contributed by atoms with Gasteiger partial charge in [-0.15, -0.1) is 11.3 Å². The lowest BCUT2D eigenvalue weighted by Crippen LogP contribution is -2.39. The fraction of sp³-hybridized carbons (Fsp3) is 0.769. The lowest BCUT2D eigenvalue weighted by Gasteiger charge is -2.27. The van der Waals surface area contributed by atoms with Crippen molar-refractivity contribution in [2.75, 3.05) is 25.1 Å². The summed E-state index contributed by atoms with van der Waals surface area (Å²) in [5.41, 5.74) is 0.700. The molecule has 21 heavy (non-hydrogen) atoms. The second-order valence-corrected chi connectivity index (χ2v) is 5.98. The van der Waals surface area contributed by atoms with Crippen LogP contribution in [0.5, 0.6) is 0 Å². The number of aromatic nitrogens is 1. The van der Waals surface area contributed by atoms with E-state index in [1.165, 1.54) is 16.2 Å². The molecule has 1 N–H and O–H groups in total. The van der Waals surface area contributed by atoms with E-state index >= 15 is 0 Å². The number of nitrogens with one attached hydrogen (secondary N) is 1. The van der Waals surface area contributed by atoms with Gasteiger partial charge in [0.05, 0.1) is 12.3 Å². The maximum Gasteiger partial charge on any atom is 0.406 e. The van der Waals surface area contributed by atoms with E-state index in [2.05, 4.69) is 10.3 Å². The topological polar surface area (TPSA) is 37.4 Å². The van der Waals surface area contributed by atoms with E-state index in [0.717, 1.165) is 11.4 Å². The van der Waals surface area contributed by atoms with Crippen LogP contribution >= 0.6 is 11.3 Å². The van der Waals surface area contributed by atoms with Gasteiger partial charge in [-0.25, -0.2) is 4.98 Å². The number of rotatable bonds is 8. The van der Waals surface area contributed by atoms with Crippen molar-refractivity contribution >= 4 is 16.5 Å². The Morgan fingerprint density at radius 3 is 2.52 bits per heavy atom. The van der Waals surface area contributed by atoms with Crippen LogP contribution in [0.15, 0.2) is 0 Å². The highest BCUT2D eigenvalue weighted by Gasteiger charge is 2.33. The molecule has 4 nitrogen and oxygen atoms in total. The molecule has 8 heteroatoms. The minimum Gasteiger partial charge on any atom is -0.378 e. The number of anilines is 1. The van der Waals surface area contributed by atoms with Gasteiger partial charge in [0.2, 0.25) is 0 Å². The Morgan fingerprint density at radius 1 is 1.38 bits per heavy atom. The summed E-state index contributed by atoms with van der Waals surface area (Å²) in [6.45, 7) is 6.11. The van der Waals surface area contributed by atoms with Crippen molar-refractivity contribution in [2.24, 2.45) is 0 Å². The van der Waals surface area contributed by atoms with E-state index in [9.17, 15) is 13.2 Å². The monoisotopic (exact) mass is 325 g/mol. The van der Waals surface area contributed by atoms with E-state index in [4.69, 9.17) is 4.74 Å². The third-order valence-corrected chi connectivity index (χ3v) is 3.94. The number of nitrogens with zero attached hydrogens (tertiary/aromatic N) is 2. The predicted molar refractivity (Wildman–Crippen MR) is 78.7 cm³/mol. The second kappa shape index (κ2) is 7.95. The molecule has 122 valence electrons. The van der Waals surface area contributed by atoms with Gasteiger partial charge in [-0.3, -0.25) is 0 Å². The van der Waals surface area contributed by atoms with Gasteiger partial charge < -0.3 is 15.0 Å². The first kappa shape index (κ1) is 18.2. The Morgan fingerprint density at radius 2 is 2.05 bits per heavy atom. The summed E-state index contributed by atoms with van der Waals surface area (Å²) in [5.74, 6) is 0. The standard InChI is InChI=1S/C13H22F3N3OS/c1-5-17-6-11-10(7-20-4)18-12(21-11)19(9(2)3)8-13(14,15)16/h9,17H,5-8H2,1-4H3. The Bertz CT molecular complexity index is 435. The summed E-state index contributed by atoms with van der Waals surface area (Å²) >= 11 is 1.29. The van der Waals surface area contributed by atoms with E-state index < -0.39 is 12.7 Å². The van der Waals surface area contributed by atoms with Crippen LogP contribution in [0, 0.1) is 0 Å². The molecule has 0 saturated carbocycles. The molecule has 0 fully saturated rings. The largest absolute Gasteiger partial charge is 0.406 e. The van der Waals surface area contributed by atoms with Crippen molar-refractivity contribution in [3.05, 3.63) is 10.6 Å². The van der Waals surface area contributed by atoms with Crippen LogP contribution in [0.4, 0.5) is 18.3 Å². The molecule has 0 aliphatic rings. The van der Waals surface area contributed by atoms with Crippen LogP contribution in [0.3, 0.4) is 0 Å². The third kappa shape index (κ3) is 5.80. The summed E-state index contributed by atoms with van der Waals surface area (Å²) in [6.07, 6.45) is -4.25. The molecule has 0 unspecified atom stereocenters. The minimum atomic E-state index is -4.25. The Hall–Kier alpha value is -0.860. The van der Waals surface area contributed by atoms with E-state index in [1.807, 2.05) is 6.92 Å². The molecule has 1 aromatic rings. The molecular formula is C13H22F3N3OS. The van der Waals surface area contributed by atoms with Crippen LogP contribution < -0.4 is 10.2 Å². The Kier molecular flexibility index (Phi) is 6.89. The highest BCUT2D eigenvalue weighted by Crippen LogP contribution is 2.31. The normalized spacial score (nSPS) is 12.2. The lowest BCUT2D eigenvalue weighted by molar-refractivity contribution is -0.120. The van der Waals surface area contributed by atoms with E-state index in [0.29, 0.717) is 24.0 Å². The fourth-order valence-corrected chi connectivity index (χ4v) is 2.95.